The highest BCUT2D eigenvalue weighted by Gasteiger charge is 1.94. The first kappa shape index (κ1) is 13.8. The number of hydrogen-bond donors (Lipinski definition) is 1. The minimum atomic E-state index is -1.48. The number of carbonyl (C=O) groups is 1. The molecule has 0 aromatic heterocycles. The second-order valence-electron chi connectivity index (χ2n) is 3.43. The summed E-state index contributed by atoms with van der Waals surface area (Å²) in [5, 5.41) is 7.37. The molecule has 0 saturated carbocycles. The number of rotatable bonds is 2. The van der Waals surface area contributed by atoms with Crippen LogP contribution in [0, 0.1) is 5.92 Å². The highest BCUT2D eigenvalue weighted by atomic mass is 35.5. The summed E-state index contributed by atoms with van der Waals surface area (Å²) >= 11 is 4.24. The molecule has 0 aliphatic heterocycles. The molecule has 15 heavy (non-hydrogen) atoms. The summed E-state index contributed by atoms with van der Waals surface area (Å²) in [6, 6.07) is 10.6. The summed E-state index contributed by atoms with van der Waals surface area (Å²) in [6.45, 7) is 4.49. The lowest BCUT2D eigenvalue weighted by molar-refractivity contribution is 0.149. The maximum atomic E-state index is 9.01. The predicted octanol–water partition coefficient (Wildman–Crippen LogP) is 3.72. The van der Waals surface area contributed by atoms with Crippen LogP contribution in [0.1, 0.15) is 19.4 Å². The molecule has 1 aromatic rings. The van der Waals surface area contributed by atoms with Crippen molar-refractivity contribution in [3.63, 3.8) is 0 Å². The van der Waals surface area contributed by atoms with Gasteiger partial charge in [0.2, 0.25) is 0 Å². The number of benzene rings is 1. The quantitative estimate of drug-likeness (QED) is 0.842. The van der Waals surface area contributed by atoms with Crippen LogP contribution < -0.4 is 0 Å². The Hall–Kier alpha value is -1.22. The third kappa shape index (κ3) is 9.09. The van der Waals surface area contributed by atoms with E-state index in [4.69, 9.17) is 9.90 Å². The Morgan fingerprint density at radius 3 is 2.20 bits per heavy atom. The summed E-state index contributed by atoms with van der Waals surface area (Å²) in [6.07, 6.45) is -0.285. The van der Waals surface area contributed by atoms with Crippen molar-refractivity contribution >= 4 is 18.0 Å². The largest absolute Gasteiger partial charge is 0.524 e. The Labute approximate surface area is 94.8 Å². The minimum absolute atomic E-state index is 0.766. The van der Waals surface area contributed by atoms with E-state index in [1.165, 1.54) is 12.0 Å². The van der Waals surface area contributed by atoms with E-state index in [1.54, 1.807) is 0 Å². The molecule has 0 heterocycles. The number of hydrogen-bond acceptors (Lipinski definition) is 2. The molecule has 1 N–H and O–H groups in total. The summed E-state index contributed by atoms with van der Waals surface area (Å²) in [5.41, 5.74) is 1.44. The van der Waals surface area contributed by atoms with Gasteiger partial charge in [0.25, 0.3) is 0 Å². The summed E-state index contributed by atoms with van der Waals surface area (Å²) < 4.78 is 3.14. The Morgan fingerprint density at radius 1 is 1.40 bits per heavy atom. The zero-order valence-electron chi connectivity index (χ0n) is 8.81. The smallest absolute Gasteiger partial charge is 0.449 e. The molecular formula is C11H15ClO3. The second-order valence-corrected chi connectivity index (χ2v) is 3.58. The van der Waals surface area contributed by atoms with Crippen molar-refractivity contribution in [3.8, 4) is 0 Å². The third-order valence-corrected chi connectivity index (χ3v) is 1.68. The first-order valence-electron chi connectivity index (χ1n) is 4.61. The predicted molar refractivity (Wildman–Crippen MR) is 59.9 cm³/mol. The third-order valence-electron chi connectivity index (χ3n) is 1.55. The highest BCUT2D eigenvalue weighted by Crippen LogP contribution is 2.05. The average molecular weight is 231 g/mol. The van der Waals surface area contributed by atoms with Crippen molar-refractivity contribution in [1.82, 2.24) is 0 Å². The van der Waals surface area contributed by atoms with E-state index in [0.717, 1.165) is 5.92 Å². The normalized spacial score (nSPS) is 9.07. The standard InChI is InChI=1S/C10H14.CHClO3/c1-9(2)8-10-6-4-3-5-7-10;2-5-1(3)4/h3-7,9H,8H2,1-2H3;(H,3,4). The lowest BCUT2D eigenvalue weighted by Gasteiger charge is -2.02. The highest BCUT2D eigenvalue weighted by molar-refractivity contribution is 6.12. The fourth-order valence-corrected chi connectivity index (χ4v) is 1.09. The van der Waals surface area contributed by atoms with Crippen LogP contribution in [-0.2, 0) is 10.7 Å². The van der Waals surface area contributed by atoms with Crippen LogP contribution in [0.3, 0.4) is 0 Å². The fourth-order valence-electron chi connectivity index (χ4n) is 1.09. The molecule has 4 heteroatoms. The van der Waals surface area contributed by atoms with Crippen molar-refractivity contribution in [2.75, 3.05) is 0 Å². The first-order chi connectivity index (χ1) is 7.06. The van der Waals surface area contributed by atoms with Crippen LogP contribution in [0.25, 0.3) is 0 Å². The molecule has 0 aliphatic rings. The summed E-state index contributed by atoms with van der Waals surface area (Å²) in [7, 11) is 0. The van der Waals surface area contributed by atoms with E-state index in [9.17, 15) is 0 Å². The van der Waals surface area contributed by atoms with E-state index in [2.05, 4.69) is 60.3 Å². The van der Waals surface area contributed by atoms with Crippen molar-refractivity contribution in [3.05, 3.63) is 35.9 Å². The van der Waals surface area contributed by atoms with Gasteiger partial charge in [-0.3, -0.25) is 0 Å². The number of halogens is 1. The topological polar surface area (TPSA) is 46.5 Å². The van der Waals surface area contributed by atoms with Crippen LogP contribution >= 0.6 is 11.9 Å². The maximum Gasteiger partial charge on any atom is 0.524 e. The van der Waals surface area contributed by atoms with Crippen LogP contribution in [0.5, 0.6) is 0 Å². The zero-order valence-corrected chi connectivity index (χ0v) is 9.57. The zero-order chi connectivity index (χ0) is 11.7. The molecule has 0 aliphatic carbocycles. The van der Waals surface area contributed by atoms with Gasteiger partial charge in [-0.15, -0.1) is 0 Å². The van der Waals surface area contributed by atoms with Gasteiger partial charge in [0, 0.05) is 0 Å². The van der Waals surface area contributed by atoms with Crippen molar-refractivity contribution in [2.24, 2.45) is 5.92 Å². The van der Waals surface area contributed by atoms with Crippen molar-refractivity contribution < 1.29 is 14.2 Å². The SMILES string of the molecule is CC(C)Cc1ccccc1.O=C(O)OCl. The Morgan fingerprint density at radius 2 is 1.87 bits per heavy atom. The average Bonchev–Trinajstić information content (AvgIpc) is 2.19. The molecule has 0 atom stereocenters. The van der Waals surface area contributed by atoms with Gasteiger partial charge >= 0.3 is 6.16 Å². The molecule has 1 aromatic carbocycles. The van der Waals surface area contributed by atoms with E-state index >= 15 is 0 Å². The van der Waals surface area contributed by atoms with Crippen molar-refractivity contribution in [1.29, 1.82) is 0 Å². The van der Waals surface area contributed by atoms with Crippen LogP contribution in [0.2, 0.25) is 0 Å². The molecule has 0 fully saturated rings. The van der Waals surface area contributed by atoms with E-state index < -0.39 is 6.16 Å². The molecule has 0 bridgehead atoms. The minimum Gasteiger partial charge on any atom is -0.449 e. The monoisotopic (exact) mass is 230 g/mol. The lowest BCUT2D eigenvalue weighted by Crippen LogP contribution is -1.92. The number of carboxylic acid groups (broad SMARTS) is 1. The molecule has 84 valence electrons. The summed E-state index contributed by atoms with van der Waals surface area (Å²) in [4.78, 5) is 9.01. The summed E-state index contributed by atoms with van der Waals surface area (Å²) in [5.74, 6) is 0.766. The Balaban J connectivity index is 0.000000336. The molecule has 1 rings (SSSR count). The van der Waals surface area contributed by atoms with Gasteiger partial charge in [0.15, 0.2) is 0 Å². The molecule has 0 unspecified atom stereocenters. The molecule has 0 saturated heterocycles. The van der Waals surface area contributed by atoms with Crippen LogP contribution in [0.15, 0.2) is 30.3 Å². The lowest BCUT2D eigenvalue weighted by atomic mass is 10.0. The van der Waals surface area contributed by atoms with Crippen LogP contribution in [0.4, 0.5) is 4.79 Å². The maximum absolute atomic E-state index is 9.01. The molecule has 0 spiro atoms. The molecule has 0 radical (unpaired) electrons. The van der Waals surface area contributed by atoms with Gasteiger partial charge in [-0.2, -0.15) is 0 Å². The molecular weight excluding hydrogens is 216 g/mol. The first-order valence-corrected chi connectivity index (χ1v) is 4.92. The van der Waals surface area contributed by atoms with Gasteiger partial charge in [-0.25, -0.2) is 4.79 Å². The molecule has 0 amide bonds. The van der Waals surface area contributed by atoms with Gasteiger partial charge < -0.3 is 9.40 Å². The van der Waals surface area contributed by atoms with E-state index in [1.807, 2.05) is 0 Å². The van der Waals surface area contributed by atoms with Gasteiger partial charge in [-0.1, -0.05) is 44.2 Å². The fraction of sp³-hybridized carbons (Fsp3) is 0.364. The Bertz CT molecular complexity index is 272. The van der Waals surface area contributed by atoms with Crippen molar-refractivity contribution in [2.45, 2.75) is 20.3 Å². The van der Waals surface area contributed by atoms with Gasteiger partial charge in [0.05, 0.1) is 0 Å². The Kier molecular flexibility index (Phi) is 7.46. The van der Waals surface area contributed by atoms with Gasteiger partial charge in [0.1, 0.15) is 11.9 Å². The molecule has 3 nitrogen and oxygen atoms in total. The van der Waals surface area contributed by atoms with E-state index in [0.29, 0.717) is 0 Å². The van der Waals surface area contributed by atoms with E-state index in [-0.39, 0.29) is 0 Å². The van der Waals surface area contributed by atoms with Crippen LogP contribution in [-0.4, -0.2) is 11.3 Å². The second kappa shape index (κ2) is 8.12. The van der Waals surface area contributed by atoms with Gasteiger partial charge in [-0.05, 0) is 17.9 Å².